The summed E-state index contributed by atoms with van der Waals surface area (Å²) in [5.41, 5.74) is 0.637. The molecular weight excluding hydrogens is 720 g/mol. The molecule has 1 saturated heterocycles. The van der Waals surface area contributed by atoms with E-state index in [9.17, 15) is 32.0 Å². The van der Waals surface area contributed by atoms with E-state index in [4.69, 9.17) is 4.74 Å². The summed E-state index contributed by atoms with van der Waals surface area (Å²) in [4.78, 5) is 66.7. The van der Waals surface area contributed by atoms with Crippen LogP contribution in [0, 0.1) is 18.7 Å². The highest BCUT2D eigenvalue weighted by atomic mass is 32.2. The molecule has 54 heavy (non-hydrogen) atoms. The number of sulfonamides is 1. The Bertz CT molecular complexity index is 2140. The first-order valence-electron chi connectivity index (χ1n) is 18.6. The van der Waals surface area contributed by atoms with E-state index in [2.05, 4.69) is 30.4 Å². The first kappa shape index (κ1) is 37.4. The lowest BCUT2D eigenvalue weighted by Gasteiger charge is -2.30. The summed E-state index contributed by atoms with van der Waals surface area (Å²) in [6.45, 7) is 3.55. The van der Waals surface area contributed by atoms with Gasteiger partial charge in [-0.1, -0.05) is 31.9 Å². The predicted molar refractivity (Wildman–Crippen MR) is 194 cm³/mol. The monoisotopic (exact) mass is 764 g/mol. The molecule has 3 fully saturated rings. The van der Waals surface area contributed by atoms with Crippen molar-refractivity contribution in [2.24, 2.45) is 13.0 Å². The lowest BCUT2D eigenvalue weighted by atomic mass is 10.0. The molecule has 15 nitrogen and oxygen atoms in total. The second kappa shape index (κ2) is 14.7. The van der Waals surface area contributed by atoms with Crippen molar-refractivity contribution in [3.63, 3.8) is 0 Å². The molecule has 2 aliphatic carbocycles. The number of halogens is 1. The van der Waals surface area contributed by atoms with Gasteiger partial charge < -0.3 is 20.3 Å². The van der Waals surface area contributed by atoms with E-state index in [0.29, 0.717) is 55.4 Å². The van der Waals surface area contributed by atoms with Gasteiger partial charge in [0.25, 0.3) is 11.8 Å². The highest BCUT2D eigenvalue weighted by molar-refractivity contribution is 7.91. The number of nitrogens with zero attached hydrogens (tertiary/aromatic N) is 5. The summed E-state index contributed by atoms with van der Waals surface area (Å²) in [5.74, 6) is -3.28. The SMILES string of the molecule is CCc1nc2ccc(F)cc2nc1O[C@@H]1C[C@H]2C(=O)N[C@]3(C(=O)NS(=O)(=O)C4CC4)C[C@H]3C=CCCCCC[C@H](NC(=O)c3cc(C)nn3C)C(=O)N2C1. The Hall–Kier alpha value is -4.93. The van der Waals surface area contributed by atoms with Crippen LogP contribution in [0.3, 0.4) is 0 Å². The van der Waals surface area contributed by atoms with Crippen molar-refractivity contribution in [1.29, 1.82) is 0 Å². The summed E-state index contributed by atoms with van der Waals surface area (Å²) in [6.07, 6.45) is 7.65. The number of carbonyl (C=O) groups excluding carboxylic acids is 4. The zero-order valence-electron chi connectivity index (χ0n) is 30.5. The van der Waals surface area contributed by atoms with Crippen LogP contribution in [0.1, 0.15) is 86.6 Å². The lowest BCUT2D eigenvalue weighted by Crippen LogP contribution is -2.58. The largest absolute Gasteiger partial charge is 0.471 e. The number of aromatic nitrogens is 4. The van der Waals surface area contributed by atoms with Crippen LogP contribution < -0.4 is 20.1 Å². The van der Waals surface area contributed by atoms with Gasteiger partial charge in [0, 0.05) is 25.5 Å². The van der Waals surface area contributed by atoms with Crippen LogP contribution in [0.2, 0.25) is 0 Å². The van der Waals surface area contributed by atoms with Crippen LogP contribution in [-0.4, -0.2) is 92.2 Å². The second-order valence-electron chi connectivity index (χ2n) is 14.8. The van der Waals surface area contributed by atoms with Gasteiger partial charge in [-0.25, -0.2) is 22.8 Å². The molecule has 3 N–H and O–H groups in total. The average Bonchev–Trinajstić information content (AvgIpc) is 4.03. The lowest BCUT2D eigenvalue weighted by molar-refractivity contribution is -0.141. The molecule has 4 amide bonds. The second-order valence-corrected chi connectivity index (χ2v) is 16.7. The maximum absolute atomic E-state index is 14.6. The Kier molecular flexibility index (Phi) is 10.2. The van der Waals surface area contributed by atoms with E-state index in [1.54, 1.807) is 20.0 Å². The number of ether oxygens (including phenoxy) is 1. The molecule has 5 atom stereocenters. The van der Waals surface area contributed by atoms with Gasteiger partial charge in [0.1, 0.15) is 40.9 Å². The number of benzene rings is 1. The van der Waals surface area contributed by atoms with Crippen molar-refractivity contribution in [2.45, 2.75) is 107 Å². The molecule has 0 bridgehead atoms. The molecule has 7 rings (SSSR count). The molecule has 17 heteroatoms. The number of aryl methyl sites for hydroxylation is 3. The predicted octanol–water partition coefficient (Wildman–Crippen LogP) is 2.52. The third-order valence-corrected chi connectivity index (χ3v) is 12.5. The summed E-state index contributed by atoms with van der Waals surface area (Å²) in [7, 11) is -2.27. The van der Waals surface area contributed by atoms with Crippen LogP contribution in [0.5, 0.6) is 5.88 Å². The maximum atomic E-state index is 14.6. The van der Waals surface area contributed by atoms with Crippen LogP contribution in [-0.2, 0) is 37.9 Å². The Morgan fingerprint density at radius 2 is 1.89 bits per heavy atom. The molecule has 288 valence electrons. The highest BCUT2D eigenvalue weighted by Crippen LogP contribution is 2.46. The van der Waals surface area contributed by atoms with Gasteiger partial charge in [0.05, 0.1) is 28.5 Å². The van der Waals surface area contributed by atoms with Crippen LogP contribution in [0.4, 0.5) is 4.39 Å². The van der Waals surface area contributed by atoms with Gasteiger partial charge in [0.2, 0.25) is 27.7 Å². The van der Waals surface area contributed by atoms with Gasteiger partial charge in [-0.05, 0) is 70.1 Å². The van der Waals surface area contributed by atoms with Gasteiger partial charge in [-0.3, -0.25) is 28.6 Å². The minimum absolute atomic E-state index is 0.0102. The first-order valence-corrected chi connectivity index (χ1v) is 20.1. The molecule has 2 aliphatic heterocycles. The number of fused-ring (bicyclic) bond motifs is 3. The molecule has 3 aromatic rings. The van der Waals surface area contributed by atoms with Crippen LogP contribution in [0.25, 0.3) is 11.0 Å². The van der Waals surface area contributed by atoms with E-state index >= 15 is 0 Å². The number of allylic oxidation sites excluding steroid dienone is 1. The first-order chi connectivity index (χ1) is 25.8. The number of hydrogen-bond acceptors (Lipinski definition) is 10. The topological polar surface area (TPSA) is 195 Å². The summed E-state index contributed by atoms with van der Waals surface area (Å²) in [5, 5.41) is 9.35. The standard InChI is InChI=1S/C37H45FN8O7S/c1-4-26-34(41-29-17-23(38)12-15-27(29)39-26)53-24-18-31-33(48)42-37(36(50)44-54(51,52)25-13-14-25)19-22(37)10-8-6-5-7-9-11-28(35(49)46(31)20-24)40-32(47)30-16-21(2)43-45(30)3/h8,10,12,15-17,22,24-25,28,31H,4-7,9,11,13-14,18-20H2,1-3H3,(H,40,47)(H,42,48)(H,44,50)/t22-,24-,28+,31+,37-/m1/s1. The third-order valence-electron chi connectivity index (χ3n) is 10.7. The quantitative estimate of drug-likeness (QED) is 0.287. The van der Waals surface area contributed by atoms with Crippen molar-refractivity contribution in [2.75, 3.05) is 6.54 Å². The number of carbonyl (C=O) groups is 4. The summed E-state index contributed by atoms with van der Waals surface area (Å²) >= 11 is 0. The zero-order chi connectivity index (χ0) is 38.4. The fourth-order valence-electron chi connectivity index (χ4n) is 7.43. The van der Waals surface area contributed by atoms with Gasteiger partial charge in [0.15, 0.2) is 0 Å². The molecule has 0 radical (unpaired) electrons. The normalized spacial score (nSPS) is 26.3. The van der Waals surface area contributed by atoms with Gasteiger partial charge >= 0.3 is 0 Å². The molecule has 2 aromatic heterocycles. The van der Waals surface area contributed by atoms with E-state index in [1.807, 2.05) is 19.1 Å². The summed E-state index contributed by atoms with van der Waals surface area (Å²) in [6, 6.07) is 3.53. The van der Waals surface area contributed by atoms with E-state index in [1.165, 1.54) is 27.8 Å². The molecule has 1 aromatic carbocycles. The molecule has 4 aliphatic rings. The van der Waals surface area contributed by atoms with Crippen LogP contribution in [0.15, 0.2) is 36.4 Å². The minimum Gasteiger partial charge on any atom is -0.471 e. The van der Waals surface area contributed by atoms with E-state index in [-0.39, 0.29) is 36.5 Å². The average molecular weight is 765 g/mol. The smallest absolute Gasteiger partial charge is 0.270 e. The Balaban J connectivity index is 1.21. The zero-order valence-corrected chi connectivity index (χ0v) is 31.3. The Morgan fingerprint density at radius 1 is 1.09 bits per heavy atom. The maximum Gasteiger partial charge on any atom is 0.270 e. The van der Waals surface area contributed by atoms with Crippen molar-refractivity contribution in [3.05, 3.63) is 59.3 Å². The number of nitrogens with one attached hydrogen (secondary N) is 3. The van der Waals surface area contributed by atoms with Crippen molar-refractivity contribution >= 4 is 44.7 Å². The van der Waals surface area contributed by atoms with Gasteiger partial charge in [-0.2, -0.15) is 5.10 Å². The Labute approximate surface area is 312 Å². The van der Waals surface area contributed by atoms with Crippen molar-refractivity contribution in [1.82, 2.24) is 40.0 Å². The summed E-state index contributed by atoms with van der Waals surface area (Å²) < 4.78 is 49.8. The minimum atomic E-state index is -3.91. The van der Waals surface area contributed by atoms with Gasteiger partial charge in [-0.15, -0.1) is 0 Å². The number of amides is 4. The van der Waals surface area contributed by atoms with Crippen molar-refractivity contribution < 1.29 is 36.7 Å². The van der Waals surface area contributed by atoms with Crippen molar-refractivity contribution in [3.8, 4) is 5.88 Å². The van der Waals surface area contributed by atoms with E-state index in [0.717, 1.165) is 12.8 Å². The number of hydrogen-bond donors (Lipinski definition) is 3. The fourth-order valence-corrected chi connectivity index (χ4v) is 8.80. The fraction of sp³-hybridized carbons (Fsp3) is 0.541. The third kappa shape index (κ3) is 7.68. The number of rotatable bonds is 8. The Morgan fingerprint density at radius 3 is 2.61 bits per heavy atom. The molecule has 4 heterocycles. The van der Waals surface area contributed by atoms with Crippen LogP contribution >= 0.6 is 0 Å². The molecule has 0 spiro atoms. The van der Waals surface area contributed by atoms with E-state index < -0.39 is 74.4 Å². The molecule has 2 saturated carbocycles. The highest BCUT2D eigenvalue weighted by Gasteiger charge is 2.62. The molecular formula is C37H45FN8O7S. The molecule has 0 unspecified atom stereocenters.